The first kappa shape index (κ1) is 12.6. The van der Waals surface area contributed by atoms with Crippen LogP contribution in [0.2, 0.25) is 0 Å². The molecule has 0 aromatic heterocycles. The van der Waals surface area contributed by atoms with Crippen LogP contribution in [0, 0.1) is 10.1 Å². The minimum absolute atomic E-state index is 0.00887. The molecule has 7 heteroatoms. The second kappa shape index (κ2) is 5.06. The first-order valence-electron chi connectivity index (χ1n) is 4.60. The van der Waals surface area contributed by atoms with Crippen molar-refractivity contribution in [1.29, 1.82) is 0 Å². The summed E-state index contributed by atoms with van der Waals surface area (Å²) in [6.07, 6.45) is -0.741. The lowest BCUT2D eigenvalue weighted by atomic mass is 10.1. The van der Waals surface area contributed by atoms with Crippen molar-refractivity contribution in [1.82, 2.24) is 0 Å². The maximum atomic E-state index is 11.1. The van der Waals surface area contributed by atoms with E-state index < -0.39 is 16.8 Å². The smallest absolute Gasteiger partial charge is 0.411 e. The number of carbonyl (C=O) groups is 2. The molecule has 0 aliphatic rings. The van der Waals surface area contributed by atoms with Gasteiger partial charge in [-0.1, -0.05) is 0 Å². The Kier molecular flexibility index (Phi) is 3.76. The summed E-state index contributed by atoms with van der Waals surface area (Å²) in [5.41, 5.74) is -0.176. The number of hydrogen-bond acceptors (Lipinski definition) is 5. The number of rotatable bonds is 3. The molecule has 17 heavy (non-hydrogen) atoms. The van der Waals surface area contributed by atoms with E-state index in [-0.39, 0.29) is 16.9 Å². The van der Waals surface area contributed by atoms with Crippen molar-refractivity contribution in [3.63, 3.8) is 0 Å². The summed E-state index contributed by atoms with van der Waals surface area (Å²) in [5.74, 6) is -0.415. The average Bonchev–Trinajstić information content (AvgIpc) is 2.28. The van der Waals surface area contributed by atoms with Crippen molar-refractivity contribution in [3.05, 3.63) is 33.9 Å². The van der Waals surface area contributed by atoms with E-state index in [1.807, 2.05) is 0 Å². The Morgan fingerprint density at radius 3 is 2.53 bits per heavy atom. The van der Waals surface area contributed by atoms with Crippen molar-refractivity contribution < 1.29 is 19.2 Å². The topological polar surface area (TPSA) is 98.5 Å². The van der Waals surface area contributed by atoms with Crippen LogP contribution in [0.4, 0.5) is 16.2 Å². The molecule has 90 valence electrons. The third kappa shape index (κ3) is 3.00. The van der Waals surface area contributed by atoms with E-state index in [4.69, 9.17) is 0 Å². The summed E-state index contributed by atoms with van der Waals surface area (Å²) < 4.78 is 4.35. The van der Waals surface area contributed by atoms with E-state index in [9.17, 15) is 19.7 Å². The van der Waals surface area contributed by atoms with Gasteiger partial charge in [0.05, 0.1) is 23.3 Å². The molecule has 0 spiro atoms. The zero-order chi connectivity index (χ0) is 13.0. The molecule has 1 aromatic rings. The Balaban J connectivity index is 3.14. The van der Waals surface area contributed by atoms with E-state index >= 15 is 0 Å². The highest BCUT2D eigenvalue weighted by Gasteiger charge is 2.18. The van der Waals surface area contributed by atoms with Gasteiger partial charge in [-0.2, -0.15) is 0 Å². The minimum atomic E-state index is -0.741. The van der Waals surface area contributed by atoms with Crippen LogP contribution in [-0.2, 0) is 4.74 Å². The number of carbonyl (C=O) groups excluding carboxylic acids is 2. The van der Waals surface area contributed by atoms with Crippen molar-refractivity contribution in [3.8, 4) is 0 Å². The van der Waals surface area contributed by atoms with Crippen molar-refractivity contribution in [2.24, 2.45) is 0 Å². The summed E-state index contributed by atoms with van der Waals surface area (Å²) >= 11 is 0. The normalized spacial score (nSPS) is 9.53. The van der Waals surface area contributed by atoms with E-state index in [0.717, 1.165) is 6.07 Å². The molecule has 0 aliphatic heterocycles. The van der Waals surface area contributed by atoms with Crippen molar-refractivity contribution in [2.75, 3.05) is 12.4 Å². The Morgan fingerprint density at radius 2 is 2.06 bits per heavy atom. The van der Waals surface area contributed by atoms with E-state index in [1.54, 1.807) is 0 Å². The highest BCUT2D eigenvalue weighted by molar-refractivity contribution is 5.99. The minimum Gasteiger partial charge on any atom is -0.453 e. The van der Waals surface area contributed by atoms with Gasteiger partial charge in [-0.3, -0.25) is 20.2 Å². The number of ether oxygens (including phenoxy) is 1. The van der Waals surface area contributed by atoms with Gasteiger partial charge in [-0.15, -0.1) is 0 Å². The Hall–Kier alpha value is -2.44. The number of hydrogen-bond donors (Lipinski definition) is 1. The Morgan fingerprint density at radius 1 is 1.41 bits per heavy atom. The van der Waals surface area contributed by atoms with Crippen LogP contribution >= 0.6 is 0 Å². The summed E-state index contributed by atoms with van der Waals surface area (Å²) in [6, 6.07) is 3.78. The fourth-order valence-electron chi connectivity index (χ4n) is 1.23. The van der Waals surface area contributed by atoms with Crippen LogP contribution in [0.3, 0.4) is 0 Å². The largest absolute Gasteiger partial charge is 0.453 e. The molecule has 0 atom stereocenters. The van der Waals surface area contributed by atoms with Crippen molar-refractivity contribution in [2.45, 2.75) is 6.92 Å². The number of nitrogens with one attached hydrogen (secondary N) is 1. The quantitative estimate of drug-likeness (QED) is 0.493. The van der Waals surface area contributed by atoms with Crippen LogP contribution in [0.1, 0.15) is 17.3 Å². The number of nitrogens with zero attached hydrogens (tertiary/aromatic N) is 1. The summed E-state index contributed by atoms with van der Waals surface area (Å²) in [4.78, 5) is 32.1. The predicted molar refractivity (Wildman–Crippen MR) is 59.1 cm³/mol. The number of benzene rings is 1. The molecule has 0 fully saturated rings. The molecule has 1 rings (SSSR count). The van der Waals surface area contributed by atoms with Crippen LogP contribution in [0.5, 0.6) is 0 Å². The van der Waals surface area contributed by atoms with E-state index in [0.29, 0.717) is 0 Å². The first-order valence-corrected chi connectivity index (χ1v) is 4.60. The van der Waals surface area contributed by atoms with Gasteiger partial charge in [0.25, 0.3) is 5.69 Å². The third-order valence-electron chi connectivity index (χ3n) is 2.01. The maximum Gasteiger partial charge on any atom is 0.411 e. The summed E-state index contributed by atoms with van der Waals surface area (Å²) in [5, 5.41) is 13.0. The van der Waals surface area contributed by atoms with Gasteiger partial charge in [0.1, 0.15) is 0 Å². The Bertz CT molecular complexity index is 484. The highest BCUT2D eigenvalue weighted by Crippen LogP contribution is 2.23. The third-order valence-corrected chi connectivity index (χ3v) is 2.01. The molecule has 1 amide bonds. The second-order valence-electron chi connectivity index (χ2n) is 3.16. The fourth-order valence-corrected chi connectivity index (χ4v) is 1.23. The lowest BCUT2D eigenvalue weighted by Gasteiger charge is -2.05. The number of ketones is 1. The molecule has 0 saturated heterocycles. The van der Waals surface area contributed by atoms with E-state index in [1.165, 1.54) is 26.2 Å². The molecule has 0 saturated carbocycles. The first-order chi connectivity index (χ1) is 7.95. The monoisotopic (exact) mass is 238 g/mol. The molecule has 0 aliphatic carbocycles. The SMILES string of the molecule is COC(=O)Nc1ccc(C(C)=O)c([N+](=O)[O-])c1. The molecule has 0 radical (unpaired) electrons. The Labute approximate surface area is 96.5 Å². The fraction of sp³-hybridized carbons (Fsp3) is 0.200. The van der Waals surface area contributed by atoms with Crippen LogP contribution in [0.25, 0.3) is 0 Å². The van der Waals surface area contributed by atoms with Gasteiger partial charge >= 0.3 is 6.09 Å². The number of nitro benzene ring substituents is 1. The standard InChI is InChI=1S/C10H10N2O5/c1-6(13)8-4-3-7(11-10(14)17-2)5-9(8)12(15)16/h3-5H,1-2H3,(H,11,14). The number of nitro groups is 1. The van der Waals surface area contributed by atoms with Gasteiger partial charge in [0.15, 0.2) is 5.78 Å². The highest BCUT2D eigenvalue weighted by atomic mass is 16.6. The zero-order valence-corrected chi connectivity index (χ0v) is 9.22. The van der Waals surface area contributed by atoms with Crippen LogP contribution in [0.15, 0.2) is 18.2 Å². The zero-order valence-electron chi connectivity index (χ0n) is 9.22. The van der Waals surface area contributed by atoms with Gasteiger partial charge in [-0.25, -0.2) is 4.79 Å². The summed E-state index contributed by atoms with van der Waals surface area (Å²) in [7, 11) is 1.17. The van der Waals surface area contributed by atoms with Crippen LogP contribution in [-0.4, -0.2) is 23.9 Å². The van der Waals surface area contributed by atoms with E-state index in [2.05, 4.69) is 10.1 Å². The van der Waals surface area contributed by atoms with Crippen molar-refractivity contribution >= 4 is 23.3 Å². The molecule has 1 N–H and O–H groups in total. The molecule has 7 nitrogen and oxygen atoms in total. The lowest BCUT2D eigenvalue weighted by Crippen LogP contribution is -2.11. The number of Topliss-reactive ketones (excluding diaryl/α,β-unsaturated/α-hetero) is 1. The average molecular weight is 238 g/mol. The number of amides is 1. The van der Waals surface area contributed by atoms with Gasteiger partial charge in [-0.05, 0) is 19.1 Å². The predicted octanol–water partition coefficient (Wildman–Crippen LogP) is 1.98. The number of anilines is 1. The lowest BCUT2D eigenvalue weighted by molar-refractivity contribution is -0.385. The molecule has 0 bridgehead atoms. The molecular formula is C10H10N2O5. The maximum absolute atomic E-state index is 11.1. The molecule has 1 aromatic carbocycles. The second-order valence-corrected chi connectivity index (χ2v) is 3.16. The number of methoxy groups -OCH3 is 1. The summed E-state index contributed by atoms with van der Waals surface area (Å²) in [6.45, 7) is 1.23. The van der Waals surface area contributed by atoms with Gasteiger partial charge in [0.2, 0.25) is 0 Å². The molecule has 0 unspecified atom stereocenters. The van der Waals surface area contributed by atoms with Gasteiger partial charge < -0.3 is 4.74 Å². The molecule has 0 heterocycles. The van der Waals surface area contributed by atoms with Crippen LogP contribution < -0.4 is 5.32 Å². The molecular weight excluding hydrogens is 228 g/mol. The van der Waals surface area contributed by atoms with Gasteiger partial charge in [0, 0.05) is 6.07 Å².